The lowest BCUT2D eigenvalue weighted by atomic mass is 10.5. The van der Waals surface area contributed by atoms with Crippen molar-refractivity contribution >= 4 is 11.9 Å². The Hall–Kier alpha value is -2.38. The summed E-state index contributed by atoms with van der Waals surface area (Å²) in [5.41, 5.74) is 0.903. The van der Waals surface area contributed by atoms with Gasteiger partial charge in [-0.3, -0.25) is 5.10 Å². The molecular formula is C10H15N7O. The fourth-order valence-corrected chi connectivity index (χ4v) is 1.24. The van der Waals surface area contributed by atoms with Gasteiger partial charge in [0.1, 0.15) is 0 Å². The van der Waals surface area contributed by atoms with Crippen LogP contribution in [-0.2, 0) is 0 Å². The molecule has 18 heavy (non-hydrogen) atoms. The fourth-order valence-electron chi connectivity index (χ4n) is 1.24. The average molecular weight is 249 g/mol. The topological polar surface area (TPSA) is 91.8 Å². The van der Waals surface area contributed by atoms with Crippen LogP contribution >= 0.6 is 0 Å². The molecule has 0 unspecified atom stereocenters. The standard InChI is InChI=1S/C10H15N7O/c1-6-5-7(16-15-6)18-10-13-8(11-2)12-9(14-10)17(3)4/h5H,1-4H3,(H,15,16)(H,11,12,13,14). The van der Waals surface area contributed by atoms with Crippen LogP contribution in [0.25, 0.3) is 0 Å². The molecule has 0 spiro atoms. The Morgan fingerprint density at radius 3 is 2.61 bits per heavy atom. The van der Waals surface area contributed by atoms with Crippen molar-refractivity contribution in [1.82, 2.24) is 25.1 Å². The van der Waals surface area contributed by atoms with E-state index < -0.39 is 0 Å². The first-order valence-electron chi connectivity index (χ1n) is 5.39. The van der Waals surface area contributed by atoms with E-state index in [4.69, 9.17) is 4.74 Å². The van der Waals surface area contributed by atoms with E-state index in [9.17, 15) is 0 Å². The van der Waals surface area contributed by atoms with Gasteiger partial charge in [-0.1, -0.05) is 0 Å². The summed E-state index contributed by atoms with van der Waals surface area (Å²) in [5, 5.41) is 9.60. The number of aromatic nitrogens is 5. The van der Waals surface area contributed by atoms with Crippen LogP contribution in [0.1, 0.15) is 5.69 Å². The molecule has 2 N–H and O–H groups in total. The molecule has 0 aliphatic heterocycles. The van der Waals surface area contributed by atoms with E-state index in [0.29, 0.717) is 17.8 Å². The van der Waals surface area contributed by atoms with Crippen molar-refractivity contribution in [2.75, 3.05) is 31.4 Å². The number of ether oxygens (including phenoxy) is 1. The van der Waals surface area contributed by atoms with Crippen LogP contribution in [0.5, 0.6) is 11.9 Å². The van der Waals surface area contributed by atoms with Crippen LogP contribution in [0.15, 0.2) is 6.07 Å². The number of aromatic amines is 1. The quantitative estimate of drug-likeness (QED) is 0.828. The fraction of sp³-hybridized carbons (Fsp3) is 0.400. The highest BCUT2D eigenvalue weighted by atomic mass is 16.5. The van der Waals surface area contributed by atoms with Crippen molar-refractivity contribution < 1.29 is 4.74 Å². The van der Waals surface area contributed by atoms with E-state index in [2.05, 4.69) is 30.5 Å². The summed E-state index contributed by atoms with van der Waals surface area (Å²) in [6.45, 7) is 1.89. The first kappa shape index (κ1) is 12.1. The van der Waals surface area contributed by atoms with Crippen molar-refractivity contribution in [2.24, 2.45) is 0 Å². The van der Waals surface area contributed by atoms with E-state index >= 15 is 0 Å². The Labute approximate surface area is 104 Å². The summed E-state index contributed by atoms with van der Waals surface area (Å²) in [4.78, 5) is 14.2. The number of nitrogens with one attached hydrogen (secondary N) is 2. The minimum Gasteiger partial charge on any atom is -0.403 e. The monoisotopic (exact) mass is 249 g/mol. The Balaban J connectivity index is 2.29. The zero-order valence-electron chi connectivity index (χ0n) is 10.7. The first-order chi connectivity index (χ1) is 8.58. The number of hydrogen-bond acceptors (Lipinski definition) is 7. The van der Waals surface area contributed by atoms with Crippen LogP contribution < -0.4 is 15.0 Å². The maximum absolute atomic E-state index is 5.46. The SMILES string of the molecule is CNc1nc(Oc2cc(C)[nH]n2)nc(N(C)C)n1. The molecule has 2 aromatic heterocycles. The van der Waals surface area contributed by atoms with E-state index in [1.165, 1.54) is 0 Å². The lowest BCUT2D eigenvalue weighted by molar-refractivity contribution is 0.423. The largest absolute Gasteiger partial charge is 0.403 e. The molecule has 8 nitrogen and oxygen atoms in total. The highest BCUT2D eigenvalue weighted by Crippen LogP contribution is 2.18. The lowest BCUT2D eigenvalue weighted by Crippen LogP contribution is -2.15. The maximum Gasteiger partial charge on any atom is 0.330 e. The van der Waals surface area contributed by atoms with Crippen molar-refractivity contribution in [2.45, 2.75) is 6.92 Å². The summed E-state index contributed by atoms with van der Waals surface area (Å²) in [6, 6.07) is 1.96. The molecule has 96 valence electrons. The molecule has 2 heterocycles. The second-order valence-electron chi connectivity index (χ2n) is 3.88. The van der Waals surface area contributed by atoms with Crippen LogP contribution in [0, 0.1) is 6.92 Å². The molecular weight excluding hydrogens is 234 g/mol. The molecule has 0 amide bonds. The molecule has 0 saturated heterocycles. The van der Waals surface area contributed by atoms with Gasteiger partial charge in [0, 0.05) is 32.9 Å². The van der Waals surface area contributed by atoms with Gasteiger partial charge in [-0.2, -0.15) is 15.0 Å². The number of H-pyrrole nitrogens is 1. The van der Waals surface area contributed by atoms with E-state index in [1.807, 2.05) is 21.0 Å². The molecule has 0 aliphatic rings. The van der Waals surface area contributed by atoms with Crippen molar-refractivity contribution in [3.05, 3.63) is 11.8 Å². The third-order valence-corrected chi connectivity index (χ3v) is 2.10. The third-order valence-electron chi connectivity index (χ3n) is 2.10. The zero-order valence-corrected chi connectivity index (χ0v) is 10.7. The zero-order chi connectivity index (χ0) is 13.1. The second-order valence-corrected chi connectivity index (χ2v) is 3.88. The Bertz CT molecular complexity index is 537. The number of rotatable bonds is 4. The molecule has 2 aromatic rings. The van der Waals surface area contributed by atoms with Crippen LogP contribution in [0.4, 0.5) is 11.9 Å². The molecule has 0 bridgehead atoms. The Morgan fingerprint density at radius 2 is 2.06 bits per heavy atom. The average Bonchev–Trinajstić information content (AvgIpc) is 2.74. The molecule has 0 radical (unpaired) electrons. The van der Waals surface area contributed by atoms with Crippen molar-refractivity contribution in [3.8, 4) is 11.9 Å². The molecule has 0 aliphatic carbocycles. The number of nitrogens with zero attached hydrogens (tertiary/aromatic N) is 5. The molecule has 8 heteroatoms. The van der Waals surface area contributed by atoms with E-state index in [-0.39, 0.29) is 6.01 Å². The van der Waals surface area contributed by atoms with Gasteiger partial charge >= 0.3 is 6.01 Å². The van der Waals surface area contributed by atoms with Gasteiger partial charge in [-0.25, -0.2) is 0 Å². The third kappa shape index (κ3) is 2.65. The summed E-state index contributed by atoms with van der Waals surface area (Å²) in [7, 11) is 5.42. The Kier molecular flexibility index (Phi) is 3.26. The van der Waals surface area contributed by atoms with Gasteiger partial charge in [-0.15, -0.1) is 5.10 Å². The second kappa shape index (κ2) is 4.86. The predicted molar refractivity (Wildman–Crippen MR) is 67.1 cm³/mol. The summed E-state index contributed by atoms with van der Waals surface area (Å²) in [5.74, 6) is 1.37. The van der Waals surface area contributed by atoms with Crippen LogP contribution in [-0.4, -0.2) is 46.3 Å². The van der Waals surface area contributed by atoms with E-state index in [1.54, 1.807) is 18.0 Å². The summed E-state index contributed by atoms with van der Waals surface area (Å²) < 4.78 is 5.46. The predicted octanol–water partition coefficient (Wildman–Crippen LogP) is 0.803. The molecule has 0 atom stereocenters. The number of aryl methyl sites for hydroxylation is 1. The van der Waals surface area contributed by atoms with Crippen molar-refractivity contribution in [1.29, 1.82) is 0 Å². The van der Waals surface area contributed by atoms with Crippen LogP contribution in [0.3, 0.4) is 0 Å². The van der Waals surface area contributed by atoms with Crippen molar-refractivity contribution in [3.63, 3.8) is 0 Å². The molecule has 0 aromatic carbocycles. The number of anilines is 2. The Morgan fingerprint density at radius 1 is 1.28 bits per heavy atom. The normalized spacial score (nSPS) is 10.2. The van der Waals surface area contributed by atoms with Crippen LogP contribution in [0.2, 0.25) is 0 Å². The lowest BCUT2D eigenvalue weighted by Gasteiger charge is -2.11. The highest BCUT2D eigenvalue weighted by molar-refractivity contribution is 5.37. The van der Waals surface area contributed by atoms with Gasteiger partial charge in [0.15, 0.2) is 0 Å². The summed E-state index contributed by atoms with van der Waals surface area (Å²) in [6.07, 6.45) is 0. The van der Waals surface area contributed by atoms with Gasteiger partial charge in [0.2, 0.25) is 17.8 Å². The van der Waals surface area contributed by atoms with Gasteiger partial charge < -0.3 is 15.0 Å². The molecule has 2 rings (SSSR count). The maximum atomic E-state index is 5.46. The number of hydrogen-bond donors (Lipinski definition) is 2. The van der Waals surface area contributed by atoms with E-state index in [0.717, 1.165) is 5.69 Å². The highest BCUT2D eigenvalue weighted by Gasteiger charge is 2.10. The molecule has 0 fully saturated rings. The van der Waals surface area contributed by atoms with Gasteiger partial charge in [0.05, 0.1) is 0 Å². The summed E-state index contributed by atoms with van der Waals surface area (Å²) >= 11 is 0. The molecule has 0 saturated carbocycles. The van der Waals surface area contributed by atoms with Gasteiger partial charge in [-0.05, 0) is 6.92 Å². The smallest absolute Gasteiger partial charge is 0.330 e. The van der Waals surface area contributed by atoms with Gasteiger partial charge in [0.25, 0.3) is 0 Å². The minimum absolute atomic E-state index is 0.199. The minimum atomic E-state index is 0.199. The first-order valence-corrected chi connectivity index (χ1v) is 5.39.